The van der Waals surface area contributed by atoms with E-state index in [1.54, 1.807) is 13.1 Å². The third kappa shape index (κ3) is 5.06. The van der Waals surface area contributed by atoms with Crippen molar-refractivity contribution in [2.45, 2.75) is 39.2 Å². The summed E-state index contributed by atoms with van der Waals surface area (Å²) >= 11 is 0. The first-order valence-electron chi connectivity index (χ1n) is 9.36. The lowest BCUT2D eigenvalue weighted by Crippen LogP contribution is -2.11. The molecule has 0 atom stereocenters. The fourth-order valence-corrected chi connectivity index (χ4v) is 3.32. The largest absolute Gasteiger partial charge is 0.465 e. The lowest BCUT2D eigenvalue weighted by atomic mass is 10.1. The molecular weight excluding hydrogens is 344 g/mol. The van der Waals surface area contributed by atoms with Gasteiger partial charge in [-0.15, -0.1) is 0 Å². The Labute approximate surface area is 158 Å². The van der Waals surface area contributed by atoms with Gasteiger partial charge in [-0.3, -0.25) is 9.79 Å². The van der Waals surface area contributed by atoms with E-state index in [-0.39, 0.29) is 12.5 Å². The molecular formula is C19H26N6O2. The number of nitrogens with zero attached hydrogens (tertiary/aromatic N) is 4. The van der Waals surface area contributed by atoms with Gasteiger partial charge in [0.25, 0.3) is 0 Å². The summed E-state index contributed by atoms with van der Waals surface area (Å²) in [5.41, 5.74) is 7.04. The Morgan fingerprint density at radius 3 is 3.04 bits per heavy atom. The van der Waals surface area contributed by atoms with E-state index in [0.717, 1.165) is 23.5 Å². The molecule has 0 amide bonds. The Balaban J connectivity index is 1.68. The molecule has 2 heterocycles. The third-order valence-electron chi connectivity index (χ3n) is 4.62. The average molecular weight is 370 g/mol. The molecule has 1 aliphatic carbocycles. The van der Waals surface area contributed by atoms with Gasteiger partial charge in [0.2, 0.25) is 5.95 Å². The van der Waals surface area contributed by atoms with E-state index in [9.17, 15) is 4.79 Å². The number of ether oxygens (including phenoxy) is 1. The zero-order chi connectivity index (χ0) is 19.1. The molecule has 0 bridgehead atoms. The number of nitrogens with one attached hydrogen (secondary N) is 1. The summed E-state index contributed by atoms with van der Waals surface area (Å²) < 4.78 is 7.02. The Kier molecular flexibility index (Phi) is 6.40. The molecule has 27 heavy (non-hydrogen) atoms. The Morgan fingerprint density at radius 1 is 1.48 bits per heavy atom. The highest BCUT2D eigenvalue weighted by Gasteiger charge is 2.16. The molecule has 3 rings (SSSR count). The first-order valence-corrected chi connectivity index (χ1v) is 9.36. The van der Waals surface area contributed by atoms with Crippen molar-refractivity contribution >= 4 is 29.2 Å². The zero-order valence-corrected chi connectivity index (χ0v) is 15.6. The molecule has 1 saturated carbocycles. The minimum atomic E-state index is -0.382. The SMILES string of the molecule is CCOC(=O)CN=CC(=CN)Nc1ncc2ccn(CC3CCCC3)c2n1. The van der Waals surface area contributed by atoms with Gasteiger partial charge in [-0.2, -0.15) is 4.98 Å². The number of anilines is 1. The molecule has 1 fully saturated rings. The quantitative estimate of drug-likeness (QED) is 0.546. The minimum Gasteiger partial charge on any atom is -0.465 e. The number of fused-ring (bicyclic) bond motifs is 1. The summed E-state index contributed by atoms with van der Waals surface area (Å²) in [6.07, 6.45) is 11.9. The van der Waals surface area contributed by atoms with Crippen LogP contribution in [0.4, 0.5) is 5.95 Å². The standard InChI is InChI=1S/C19H26N6O2/c1-2-27-17(26)12-21-11-16(9-20)23-19-22-10-15-7-8-25(18(15)24-19)13-14-5-3-4-6-14/h7-11,14H,2-6,12-13,20H2,1H3,(H,22,23,24). The second-order valence-corrected chi connectivity index (χ2v) is 6.61. The van der Waals surface area contributed by atoms with E-state index >= 15 is 0 Å². The van der Waals surface area contributed by atoms with Crippen LogP contribution < -0.4 is 11.1 Å². The van der Waals surface area contributed by atoms with E-state index in [1.165, 1.54) is 38.1 Å². The second-order valence-electron chi connectivity index (χ2n) is 6.61. The molecule has 3 N–H and O–H groups in total. The van der Waals surface area contributed by atoms with Gasteiger partial charge in [0.1, 0.15) is 12.2 Å². The van der Waals surface area contributed by atoms with Crippen LogP contribution in [-0.2, 0) is 16.1 Å². The highest BCUT2D eigenvalue weighted by molar-refractivity contribution is 5.85. The van der Waals surface area contributed by atoms with Crippen molar-refractivity contribution in [1.82, 2.24) is 14.5 Å². The molecule has 0 unspecified atom stereocenters. The number of allylic oxidation sites excluding steroid dienone is 1. The molecule has 0 spiro atoms. The molecule has 8 heteroatoms. The van der Waals surface area contributed by atoms with Crippen LogP contribution in [0, 0.1) is 5.92 Å². The average Bonchev–Trinajstić information content (AvgIpc) is 3.32. The van der Waals surface area contributed by atoms with Crippen molar-refractivity contribution in [2.24, 2.45) is 16.6 Å². The van der Waals surface area contributed by atoms with E-state index < -0.39 is 0 Å². The van der Waals surface area contributed by atoms with Crippen LogP contribution in [0.5, 0.6) is 0 Å². The fourth-order valence-electron chi connectivity index (χ4n) is 3.32. The lowest BCUT2D eigenvalue weighted by molar-refractivity contribution is -0.141. The Bertz CT molecular complexity index is 836. The molecule has 8 nitrogen and oxygen atoms in total. The maximum Gasteiger partial charge on any atom is 0.327 e. The summed E-state index contributed by atoms with van der Waals surface area (Å²) in [6.45, 7) is 3.02. The Morgan fingerprint density at radius 2 is 2.30 bits per heavy atom. The molecule has 0 saturated heterocycles. The summed E-state index contributed by atoms with van der Waals surface area (Å²) in [4.78, 5) is 24.3. The van der Waals surface area contributed by atoms with Crippen molar-refractivity contribution in [1.29, 1.82) is 0 Å². The monoisotopic (exact) mass is 370 g/mol. The fraction of sp³-hybridized carbons (Fsp3) is 0.474. The lowest BCUT2D eigenvalue weighted by Gasteiger charge is -2.11. The maximum atomic E-state index is 11.3. The maximum absolute atomic E-state index is 11.3. The first-order chi connectivity index (χ1) is 13.2. The van der Waals surface area contributed by atoms with Gasteiger partial charge in [-0.1, -0.05) is 12.8 Å². The van der Waals surface area contributed by atoms with Crippen LogP contribution in [0.1, 0.15) is 32.6 Å². The van der Waals surface area contributed by atoms with Crippen molar-refractivity contribution in [3.8, 4) is 0 Å². The number of rotatable bonds is 8. The number of esters is 1. The van der Waals surface area contributed by atoms with Crippen molar-refractivity contribution in [3.63, 3.8) is 0 Å². The van der Waals surface area contributed by atoms with Gasteiger partial charge in [0.15, 0.2) is 0 Å². The van der Waals surface area contributed by atoms with Gasteiger partial charge in [0, 0.05) is 36.7 Å². The van der Waals surface area contributed by atoms with Crippen LogP contribution in [0.3, 0.4) is 0 Å². The van der Waals surface area contributed by atoms with E-state index in [1.807, 2.05) is 6.07 Å². The first kappa shape index (κ1) is 18.9. The second kappa shape index (κ2) is 9.16. The number of hydrogen-bond donors (Lipinski definition) is 2. The van der Waals surface area contributed by atoms with Crippen LogP contribution >= 0.6 is 0 Å². The molecule has 0 aliphatic heterocycles. The third-order valence-corrected chi connectivity index (χ3v) is 4.62. The van der Waals surface area contributed by atoms with Crippen LogP contribution in [0.2, 0.25) is 0 Å². The number of aliphatic imine (C=N–C) groups is 1. The van der Waals surface area contributed by atoms with Crippen molar-refractivity contribution in [2.75, 3.05) is 18.5 Å². The molecule has 0 radical (unpaired) electrons. The number of hydrogen-bond acceptors (Lipinski definition) is 7. The Hall–Kier alpha value is -2.90. The number of aromatic nitrogens is 3. The normalized spacial score (nSPS) is 15.7. The number of carbonyl (C=O) groups is 1. The van der Waals surface area contributed by atoms with Gasteiger partial charge in [0.05, 0.1) is 12.3 Å². The summed E-state index contributed by atoms with van der Waals surface area (Å²) in [6, 6.07) is 2.04. The number of carbonyl (C=O) groups excluding carboxylic acids is 1. The predicted molar refractivity (Wildman–Crippen MR) is 105 cm³/mol. The highest BCUT2D eigenvalue weighted by Crippen LogP contribution is 2.27. The molecule has 0 aromatic carbocycles. The van der Waals surface area contributed by atoms with Gasteiger partial charge in [-0.05, 0) is 31.7 Å². The molecule has 2 aromatic heterocycles. The minimum absolute atomic E-state index is 0.0585. The van der Waals surface area contributed by atoms with E-state index in [4.69, 9.17) is 10.5 Å². The van der Waals surface area contributed by atoms with Gasteiger partial charge in [-0.25, -0.2) is 4.98 Å². The molecule has 144 valence electrons. The van der Waals surface area contributed by atoms with Crippen LogP contribution in [0.25, 0.3) is 11.0 Å². The van der Waals surface area contributed by atoms with Crippen molar-refractivity contribution in [3.05, 3.63) is 30.4 Å². The zero-order valence-electron chi connectivity index (χ0n) is 15.6. The predicted octanol–water partition coefficient (Wildman–Crippen LogP) is 2.47. The number of nitrogens with two attached hydrogens (primary N) is 1. The molecule has 2 aromatic rings. The summed E-state index contributed by atoms with van der Waals surface area (Å²) in [5.74, 6) is 0.780. The smallest absolute Gasteiger partial charge is 0.327 e. The molecule has 1 aliphatic rings. The highest BCUT2D eigenvalue weighted by atomic mass is 16.5. The van der Waals surface area contributed by atoms with Crippen molar-refractivity contribution < 1.29 is 9.53 Å². The van der Waals surface area contributed by atoms with Crippen LogP contribution in [-0.4, -0.2) is 39.9 Å². The summed E-state index contributed by atoms with van der Waals surface area (Å²) in [5, 5.41) is 4.04. The van der Waals surface area contributed by atoms with E-state index in [0.29, 0.717) is 18.3 Å². The van der Waals surface area contributed by atoms with Gasteiger partial charge >= 0.3 is 5.97 Å². The van der Waals surface area contributed by atoms with Crippen LogP contribution in [0.15, 0.2) is 35.3 Å². The van der Waals surface area contributed by atoms with Gasteiger partial charge < -0.3 is 20.4 Å². The van der Waals surface area contributed by atoms with E-state index in [2.05, 4.69) is 31.0 Å². The topological polar surface area (TPSA) is 107 Å². The summed E-state index contributed by atoms with van der Waals surface area (Å²) in [7, 11) is 0.